The molecule has 3 nitrogen and oxygen atoms in total. The van der Waals surface area contributed by atoms with Gasteiger partial charge in [0.15, 0.2) is 0 Å². The monoisotopic (exact) mass is 280 g/mol. The molecule has 0 fully saturated rings. The second kappa shape index (κ2) is 8.00. The molecule has 0 bridgehead atoms. The van der Waals surface area contributed by atoms with Gasteiger partial charge in [-0.15, -0.1) is 0 Å². The van der Waals surface area contributed by atoms with E-state index < -0.39 is 11.9 Å². The Balaban J connectivity index is 3.06. The van der Waals surface area contributed by atoms with Crippen LogP contribution in [0.3, 0.4) is 0 Å². The molecule has 0 aliphatic heterocycles. The normalized spacial score (nSPS) is 13.6. The summed E-state index contributed by atoms with van der Waals surface area (Å²) in [5.74, 6) is -0.465. The second-order valence-electron chi connectivity index (χ2n) is 4.13. The standard InChI is InChI=1S/C15H20O3S/c1-4-18-15(17)13(11(3)16)14(19-5-2)12-9-7-6-8-10-12/h6-10,13-14H,4-5H2,1-3H3. The molecule has 0 amide bonds. The van der Waals surface area contributed by atoms with Gasteiger partial charge in [0.25, 0.3) is 0 Å². The first-order chi connectivity index (χ1) is 9.11. The van der Waals surface area contributed by atoms with Gasteiger partial charge in [0, 0.05) is 0 Å². The molecular weight excluding hydrogens is 260 g/mol. The van der Waals surface area contributed by atoms with Crippen LogP contribution in [0.5, 0.6) is 0 Å². The van der Waals surface area contributed by atoms with Crippen molar-refractivity contribution in [1.29, 1.82) is 0 Å². The molecule has 0 heterocycles. The van der Waals surface area contributed by atoms with Crippen molar-refractivity contribution in [3.05, 3.63) is 35.9 Å². The average molecular weight is 280 g/mol. The summed E-state index contributed by atoms with van der Waals surface area (Å²) in [5.41, 5.74) is 0.989. The van der Waals surface area contributed by atoms with Crippen LogP contribution in [-0.4, -0.2) is 24.1 Å². The van der Waals surface area contributed by atoms with Gasteiger partial charge in [0.1, 0.15) is 11.7 Å². The van der Waals surface area contributed by atoms with E-state index in [1.54, 1.807) is 18.7 Å². The van der Waals surface area contributed by atoms with Crippen LogP contribution < -0.4 is 0 Å². The maximum atomic E-state index is 12.0. The minimum atomic E-state index is -0.729. The highest BCUT2D eigenvalue weighted by Gasteiger charge is 2.34. The number of ketones is 1. The Hall–Kier alpha value is -1.29. The number of ether oxygens (including phenoxy) is 1. The first kappa shape index (κ1) is 15.8. The summed E-state index contributed by atoms with van der Waals surface area (Å²) < 4.78 is 5.04. The fourth-order valence-corrected chi connectivity index (χ4v) is 3.15. The average Bonchev–Trinajstić information content (AvgIpc) is 2.39. The number of thioether (sulfide) groups is 1. The van der Waals surface area contributed by atoms with E-state index >= 15 is 0 Å². The number of rotatable bonds is 7. The van der Waals surface area contributed by atoms with Crippen LogP contribution in [0.1, 0.15) is 31.6 Å². The quantitative estimate of drug-likeness (QED) is 0.568. The van der Waals surface area contributed by atoms with E-state index in [4.69, 9.17) is 4.74 Å². The van der Waals surface area contributed by atoms with Gasteiger partial charge in [-0.05, 0) is 25.2 Å². The fourth-order valence-electron chi connectivity index (χ4n) is 1.94. The molecule has 2 unspecified atom stereocenters. The Morgan fingerprint density at radius 1 is 1.21 bits per heavy atom. The van der Waals surface area contributed by atoms with Gasteiger partial charge in [0.2, 0.25) is 0 Å². The van der Waals surface area contributed by atoms with Gasteiger partial charge in [0.05, 0.1) is 11.9 Å². The van der Waals surface area contributed by atoms with Crippen LogP contribution in [0.2, 0.25) is 0 Å². The molecule has 0 aliphatic carbocycles. The van der Waals surface area contributed by atoms with Gasteiger partial charge in [-0.3, -0.25) is 9.59 Å². The summed E-state index contributed by atoms with van der Waals surface area (Å²) in [4.78, 5) is 23.9. The lowest BCUT2D eigenvalue weighted by atomic mass is 9.95. The van der Waals surface area contributed by atoms with E-state index in [0.717, 1.165) is 11.3 Å². The van der Waals surface area contributed by atoms with Gasteiger partial charge >= 0.3 is 5.97 Å². The molecule has 0 aliphatic rings. The van der Waals surface area contributed by atoms with E-state index in [2.05, 4.69) is 0 Å². The third-order valence-corrected chi connectivity index (χ3v) is 3.99. The smallest absolute Gasteiger partial charge is 0.317 e. The van der Waals surface area contributed by atoms with Crippen molar-refractivity contribution in [1.82, 2.24) is 0 Å². The summed E-state index contributed by atoms with van der Waals surface area (Å²) in [5, 5.41) is -0.178. The third kappa shape index (κ3) is 4.39. The van der Waals surface area contributed by atoms with Crippen molar-refractivity contribution in [3.8, 4) is 0 Å². The molecule has 0 N–H and O–H groups in total. The van der Waals surface area contributed by atoms with Crippen molar-refractivity contribution in [2.45, 2.75) is 26.0 Å². The first-order valence-corrected chi connectivity index (χ1v) is 7.50. The molecule has 0 radical (unpaired) electrons. The maximum absolute atomic E-state index is 12.0. The first-order valence-electron chi connectivity index (χ1n) is 6.45. The second-order valence-corrected chi connectivity index (χ2v) is 5.55. The van der Waals surface area contributed by atoms with Crippen molar-refractivity contribution >= 4 is 23.5 Å². The maximum Gasteiger partial charge on any atom is 0.317 e. The van der Waals surface area contributed by atoms with Gasteiger partial charge in [-0.25, -0.2) is 0 Å². The zero-order valence-corrected chi connectivity index (χ0v) is 12.4. The number of hydrogen-bond acceptors (Lipinski definition) is 4. The number of hydrogen-bond donors (Lipinski definition) is 0. The third-order valence-electron chi connectivity index (χ3n) is 2.76. The van der Waals surface area contributed by atoms with Crippen LogP contribution in [0.25, 0.3) is 0 Å². The van der Waals surface area contributed by atoms with Crippen LogP contribution in [0, 0.1) is 5.92 Å². The van der Waals surface area contributed by atoms with E-state index in [9.17, 15) is 9.59 Å². The van der Waals surface area contributed by atoms with Gasteiger partial charge in [-0.2, -0.15) is 11.8 Å². The molecule has 104 valence electrons. The van der Waals surface area contributed by atoms with E-state index in [-0.39, 0.29) is 11.0 Å². The molecule has 1 aromatic rings. The van der Waals surface area contributed by atoms with Crippen LogP contribution >= 0.6 is 11.8 Å². The molecular formula is C15H20O3S. The summed E-state index contributed by atoms with van der Waals surface area (Å²) in [6, 6.07) is 9.65. The number of esters is 1. The molecule has 4 heteroatoms. The minimum absolute atomic E-state index is 0.145. The SMILES string of the molecule is CCOC(=O)C(C(C)=O)C(SCC)c1ccccc1. The Kier molecular flexibility index (Phi) is 6.64. The molecule has 1 rings (SSSR count). The van der Waals surface area contributed by atoms with Gasteiger partial charge in [-0.1, -0.05) is 37.3 Å². The van der Waals surface area contributed by atoms with E-state index in [0.29, 0.717) is 6.61 Å². The Morgan fingerprint density at radius 3 is 2.32 bits per heavy atom. The predicted octanol–water partition coefficient (Wildman–Crippen LogP) is 3.25. The Bertz CT molecular complexity index is 417. The summed E-state index contributed by atoms with van der Waals surface area (Å²) in [6.45, 7) is 5.51. The largest absolute Gasteiger partial charge is 0.465 e. The van der Waals surface area contributed by atoms with E-state index in [1.165, 1.54) is 6.92 Å². The number of benzene rings is 1. The van der Waals surface area contributed by atoms with Crippen molar-refractivity contribution in [3.63, 3.8) is 0 Å². The number of Topliss-reactive ketones (excluding diaryl/α,β-unsaturated/α-hetero) is 1. The molecule has 0 aromatic heterocycles. The van der Waals surface area contributed by atoms with Gasteiger partial charge < -0.3 is 4.74 Å². The molecule has 0 spiro atoms. The lowest BCUT2D eigenvalue weighted by molar-refractivity contribution is -0.151. The van der Waals surface area contributed by atoms with Crippen molar-refractivity contribution in [2.75, 3.05) is 12.4 Å². The molecule has 2 atom stereocenters. The molecule has 0 saturated carbocycles. The lowest BCUT2D eigenvalue weighted by Crippen LogP contribution is -2.29. The van der Waals surface area contributed by atoms with Crippen molar-refractivity contribution in [2.24, 2.45) is 5.92 Å². The topological polar surface area (TPSA) is 43.4 Å². The highest BCUT2D eigenvalue weighted by Crippen LogP contribution is 2.37. The highest BCUT2D eigenvalue weighted by molar-refractivity contribution is 7.99. The number of carbonyl (C=O) groups is 2. The molecule has 1 aromatic carbocycles. The Labute approximate surface area is 118 Å². The minimum Gasteiger partial charge on any atom is -0.465 e. The predicted molar refractivity (Wildman–Crippen MR) is 78.1 cm³/mol. The Morgan fingerprint density at radius 2 is 1.84 bits per heavy atom. The summed E-state index contributed by atoms with van der Waals surface area (Å²) >= 11 is 1.60. The highest BCUT2D eigenvalue weighted by atomic mass is 32.2. The van der Waals surface area contributed by atoms with Crippen molar-refractivity contribution < 1.29 is 14.3 Å². The van der Waals surface area contributed by atoms with Crippen LogP contribution in [-0.2, 0) is 14.3 Å². The molecule has 19 heavy (non-hydrogen) atoms. The zero-order valence-electron chi connectivity index (χ0n) is 11.6. The fraction of sp³-hybridized carbons (Fsp3) is 0.467. The van der Waals surface area contributed by atoms with Crippen LogP contribution in [0.4, 0.5) is 0 Å². The molecule has 0 saturated heterocycles. The summed E-state index contributed by atoms with van der Waals surface area (Å²) in [7, 11) is 0. The lowest BCUT2D eigenvalue weighted by Gasteiger charge is -2.23. The van der Waals surface area contributed by atoms with E-state index in [1.807, 2.05) is 37.3 Å². The number of carbonyl (C=O) groups excluding carboxylic acids is 2. The summed E-state index contributed by atoms with van der Waals surface area (Å²) in [6.07, 6.45) is 0. The zero-order chi connectivity index (χ0) is 14.3. The van der Waals surface area contributed by atoms with Crippen LogP contribution in [0.15, 0.2) is 30.3 Å².